The molecule has 0 aliphatic carbocycles. The molecule has 19 heavy (non-hydrogen) atoms. The number of hydrazine groups is 1. The largest absolute Gasteiger partial charge is 0.362 e. The smallest absolute Gasteiger partial charge is 0.242 e. The van der Waals surface area contributed by atoms with E-state index >= 15 is 0 Å². The third-order valence-corrected chi connectivity index (χ3v) is 4.38. The van der Waals surface area contributed by atoms with Crippen LogP contribution in [-0.4, -0.2) is 49.6 Å². The fraction of sp³-hybridized carbons (Fsp3) is 0.800. The summed E-state index contributed by atoms with van der Waals surface area (Å²) in [5.41, 5.74) is 5.08. The highest BCUT2D eigenvalue weighted by Gasteiger charge is 2.30. The lowest BCUT2D eigenvalue weighted by molar-refractivity contribution is -0.126. The molecule has 0 saturated carbocycles. The Balaban J connectivity index is 2.46. The lowest BCUT2D eigenvalue weighted by atomic mass is 9.99. The van der Waals surface area contributed by atoms with Crippen LogP contribution in [0.25, 0.3) is 0 Å². The molecule has 1 amide bonds. The molecule has 110 valence electrons. The Morgan fingerprint density at radius 1 is 1.42 bits per heavy atom. The Labute approximate surface area is 119 Å². The molecule has 3 N–H and O–H groups in total. The molecule has 1 saturated heterocycles. The number of rotatable bonds is 3. The predicted molar refractivity (Wildman–Crippen MR) is 76.7 cm³/mol. The summed E-state index contributed by atoms with van der Waals surface area (Å²) >= 11 is 4.91. The quantitative estimate of drug-likeness (QED) is 0.466. The predicted octanol–water partition coefficient (Wildman–Crippen LogP) is -0.827. The third kappa shape index (κ3) is 5.29. The minimum atomic E-state index is -3.24. The molecular weight excluding hydrogens is 288 g/mol. The number of nitrogens with one attached hydrogen (secondary N) is 3. The van der Waals surface area contributed by atoms with Gasteiger partial charge < -0.3 is 5.32 Å². The van der Waals surface area contributed by atoms with Gasteiger partial charge >= 0.3 is 0 Å². The molecule has 1 rings (SSSR count). The van der Waals surface area contributed by atoms with Gasteiger partial charge in [-0.25, -0.2) is 12.7 Å². The summed E-state index contributed by atoms with van der Waals surface area (Å²) in [6, 6.07) is 0. The normalized spacial score (nSPS) is 20.6. The van der Waals surface area contributed by atoms with Crippen LogP contribution in [0.15, 0.2) is 0 Å². The van der Waals surface area contributed by atoms with Crippen molar-refractivity contribution < 1.29 is 13.2 Å². The van der Waals surface area contributed by atoms with Gasteiger partial charge in [-0.2, -0.15) is 0 Å². The van der Waals surface area contributed by atoms with Crippen LogP contribution >= 0.6 is 12.2 Å². The lowest BCUT2D eigenvalue weighted by Gasteiger charge is -2.30. The first-order chi connectivity index (χ1) is 8.84. The van der Waals surface area contributed by atoms with E-state index in [-0.39, 0.29) is 18.4 Å². The third-order valence-electron chi connectivity index (χ3n) is 2.86. The first-order valence-electron chi connectivity index (χ1n) is 6.13. The Bertz CT molecular complexity index is 438. The number of piperidine rings is 1. The summed E-state index contributed by atoms with van der Waals surface area (Å²) in [7, 11) is -3.24. The maximum atomic E-state index is 11.9. The first kappa shape index (κ1) is 16.1. The van der Waals surface area contributed by atoms with Gasteiger partial charge in [0.15, 0.2) is 5.11 Å². The van der Waals surface area contributed by atoms with Gasteiger partial charge in [-0.05, 0) is 32.0 Å². The molecule has 1 atom stereocenters. The van der Waals surface area contributed by atoms with Crippen LogP contribution in [0.2, 0.25) is 0 Å². The maximum Gasteiger partial charge on any atom is 0.242 e. The molecule has 1 unspecified atom stereocenters. The monoisotopic (exact) mass is 308 g/mol. The average Bonchev–Trinajstić information content (AvgIpc) is 2.35. The SMILES string of the molecule is CCNC(=S)NNC(=O)C1CCCN(S(C)(=O)=O)C1. The van der Waals surface area contributed by atoms with Gasteiger partial charge in [-0.3, -0.25) is 15.6 Å². The molecule has 0 aromatic carbocycles. The van der Waals surface area contributed by atoms with Crippen molar-refractivity contribution in [3.05, 3.63) is 0 Å². The van der Waals surface area contributed by atoms with Gasteiger partial charge in [-0.1, -0.05) is 0 Å². The van der Waals surface area contributed by atoms with Gasteiger partial charge in [0.25, 0.3) is 0 Å². The highest BCUT2D eigenvalue weighted by Crippen LogP contribution is 2.18. The van der Waals surface area contributed by atoms with E-state index in [4.69, 9.17) is 12.2 Å². The second kappa shape index (κ2) is 7.01. The zero-order chi connectivity index (χ0) is 14.5. The number of nitrogens with zero attached hydrogens (tertiary/aromatic N) is 1. The first-order valence-corrected chi connectivity index (χ1v) is 8.39. The average molecular weight is 308 g/mol. The van der Waals surface area contributed by atoms with Crippen LogP contribution < -0.4 is 16.2 Å². The number of sulfonamides is 1. The molecule has 0 aromatic rings. The topological polar surface area (TPSA) is 90.5 Å². The van der Waals surface area contributed by atoms with Crippen LogP contribution in [0.1, 0.15) is 19.8 Å². The minimum Gasteiger partial charge on any atom is -0.362 e. The van der Waals surface area contributed by atoms with Crippen molar-refractivity contribution in [2.45, 2.75) is 19.8 Å². The van der Waals surface area contributed by atoms with Gasteiger partial charge in [0.2, 0.25) is 15.9 Å². The van der Waals surface area contributed by atoms with E-state index in [0.29, 0.717) is 31.0 Å². The van der Waals surface area contributed by atoms with Crippen LogP contribution in [0.5, 0.6) is 0 Å². The van der Waals surface area contributed by atoms with Crippen molar-refractivity contribution in [1.29, 1.82) is 0 Å². The van der Waals surface area contributed by atoms with Gasteiger partial charge in [0.05, 0.1) is 12.2 Å². The number of carbonyl (C=O) groups excluding carboxylic acids is 1. The van der Waals surface area contributed by atoms with Crippen molar-refractivity contribution in [2.24, 2.45) is 5.92 Å². The van der Waals surface area contributed by atoms with Crippen LogP contribution in [0.3, 0.4) is 0 Å². The second-order valence-electron chi connectivity index (χ2n) is 4.43. The van der Waals surface area contributed by atoms with Crippen LogP contribution in [0, 0.1) is 5.92 Å². The van der Waals surface area contributed by atoms with Gasteiger partial charge in [-0.15, -0.1) is 0 Å². The fourth-order valence-electron chi connectivity index (χ4n) is 1.88. The van der Waals surface area contributed by atoms with E-state index in [2.05, 4.69) is 16.2 Å². The summed E-state index contributed by atoms with van der Waals surface area (Å²) in [4.78, 5) is 11.9. The number of hydrogen-bond acceptors (Lipinski definition) is 4. The van der Waals surface area contributed by atoms with Crippen molar-refractivity contribution >= 4 is 33.3 Å². The van der Waals surface area contributed by atoms with E-state index in [9.17, 15) is 13.2 Å². The number of hydrogen-bond donors (Lipinski definition) is 3. The summed E-state index contributed by atoms with van der Waals surface area (Å²) in [6.07, 6.45) is 2.52. The maximum absolute atomic E-state index is 11.9. The van der Waals surface area contributed by atoms with Crippen LogP contribution in [-0.2, 0) is 14.8 Å². The Kier molecular flexibility index (Phi) is 5.95. The van der Waals surface area contributed by atoms with Crippen molar-refractivity contribution in [3.8, 4) is 0 Å². The molecule has 1 heterocycles. The Morgan fingerprint density at radius 3 is 2.68 bits per heavy atom. The number of carbonyl (C=O) groups is 1. The highest BCUT2D eigenvalue weighted by atomic mass is 32.2. The number of thiocarbonyl (C=S) groups is 1. The Hall–Kier alpha value is -0.930. The van der Waals surface area contributed by atoms with Crippen LogP contribution in [0.4, 0.5) is 0 Å². The van der Waals surface area contributed by atoms with E-state index < -0.39 is 10.0 Å². The highest BCUT2D eigenvalue weighted by molar-refractivity contribution is 7.88. The second-order valence-corrected chi connectivity index (χ2v) is 6.82. The van der Waals surface area contributed by atoms with E-state index in [1.807, 2.05) is 6.92 Å². The summed E-state index contributed by atoms with van der Waals surface area (Å²) < 4.78 is 24.2. The van der Waals surface area contributed by atoms with Crippen molar-refractivity contribution in [1.82, 2.24) is 20.5 Å². The van der Waals surface area contributed by atoms with Gasteiger partial charge in [0.1, 0.15) is 0 Å². The Morgan fingerprint density at radius 2 is 2.11 bits per heavy atom. The minimum absolute atomic E-state index is 0.223. The summed E-state index contributed by atoms with van der Waals surface area (Å²) in [5, 5.41) is 3.18. The molecule has 7 nitrogen and oxygen atoms in total. The molecule has 0 aromatic heterocycles. The molecule has 0 spiro atoms. The molecule has 0 radical (unpaired) electrons. The molecular formula is C10H20N4O3S2. The summed E-state index contributed by atoms with van der Waals surface area (Å²) in [5.74, 6) is -0.589. The standard InChI is InChI=1S/C10H20N4O3S2/c1-3-11-10(18)13-12-9(15)8-5-4-6-14(7-8)19(2,16)17/h8H,3-7H2,1-2H3,(H,12,15)(H2,11,13,18). The summed E-state index contributed by atoms with van der Waals surface area (Å²) in [6.45, 7) is 3.25. The molecule has 0 bridgehead atoms. The van der Waals surface area contributed by atoms with E-state index in [1.54, 1.807) is 0 Å². The van der Waals surface area contributed by atoms with E-state index in [1.165, 1.54) is 4.31 Å². The molecule has 1 fully saturated rings. The molecule has 1 aliphatic heterocycles. The zero-order valence-corrected chi connectivity index (χ0v) is 12.7. The van der Waals surface area contributed by atoms with Crippen molar-refractivity contribution in [2.75, 3.05) is 25.9 Å². The van der Waals surface area contributed by atoms with E-state index in [0.717, 1.165) is 6.26 Å². The zero-order valence-electron chi connectivity index (χ0n) is 11.1. The van der Waals surface area contributed by atoms with Crippen molar-refractivity contribution in [3.63, 3.8) is 0 Å². The fourth-order valence-corrected chi connectivity index (χ4v) is 2.99. The molecule has 9 heteroatoms. The lowest BCUT2D eigenvalue weighted by Crippen LogP contribution is -2.51. The number of amides is 1. The van der Waals surface area contributed by atoms with Gasteiger partial charge in [0, 0.05) is 19.6 Å². The molecule has 1 aliphatic rings.